The zero-order valence-electron chi connectivity index (χ0n) is 13.6. The minimum absolute atomic E-state index is 0.0445. The van der Waals surface area contributed by atoms with E-state index < -0.39 is 0 Å². The lowest BCUT2D eigenvalue weighted by Crippen LogP contribution is -2.26. The number of benzene rings is 2. The molecule has 1 N–H and O–H groups in total. The molecule has 1 unspecified atom stereocenters. The van der Waals surface area contributed by atoms with Gasteiger partial charge in [0, 0.05) is 14.7 Å². The Morgan fingerprint density at radius 2 is 1.80 bits per heavy atom. The first-order chi connectivity index (χ1) is 12.2. The molecule has 0 radical (unpaired) electrons. The van der Waals surface area contributed by atoms with Crippen LogP contribution in [-0.4, -0.2) is 5.91 Å². The molecule has 25 heavy (non-hydrogen) atoms. The molecule has 5 heteroatoms. The van der Waals surface area contributed by atoms with E-state index in [0.717, 1.165) is 14.7 Å². The van der Waals surface area contributed by atoms with Gasteiger partial charge >= 0.3 is 0 Å². The average molecular weight is 364 g/mol. The van der Waals surface area contributed by atoms with E-state index in [2.05, 4.69) is 11.4 Å². The molecule has 1 aromatic heterocycles. The van der Waals surface area contributed by atoms with Crippen molar-refractivity contribution >= 4 is 29.0 Å². The van der Waals surface area contributed by atoms with Crippen LogP contribution in [0.15, 0.2) is 75.8 Å². The first-order valence-electron chi connectivity index (χ1n) is 7.79. The molecule has 0 aliphatic heterocycles. The van der Waals surface area contributed by atoms with E-state index in [9.17, 15) is 10.1 Å². The molecule has 1 amide bonds. The fourth-order valence-electron chi connectivity index (χ4n) is 2.39. The maximum atomic E-state index is 12.7. The lowest BCUT2D eigenvalue weighted by Gasteiger charge is -2.14. The first kappa shape index (κ1) is 17.3. The Hall–Kier alpha value is -2.55. The minimum atomic E-state index is -0.113. The summed E-state index contributed by atoms with van der Waals surface area (Å²) < 4.78 is 0. The second-order valence-corrected chi connectivity index (χ2v) is 7.48. The summed E-state index contributed by atoms with van der Waals surface area (Å²) in [6, 6.07) is 21.0. The molecule has 3 aromatic rings. The summed E-state index contributed by atoms with van der Waals surface area (Å²) in [6.45, 7) is 1.98. The molecule has 0 saturated carbocycles. The van der Waals surface area contributed by atoms with Gasteiger partial charge in [0.15, 0.2) is 0 Å². The smallest absolute Gasteiger partial charge is 0.252 e. The molecular formula is C20H16N2OS2. The van der Waals surface area contributed by atoms with Crippen molar-refractivity contribution in [1.82, 2.24) is 5.32 Å². The minimum Gasteiger partial charge on any atom is -0.345 e. The van der Waals surface area contributed by atoms with Crippen LogP contribution in [0, 0.1) is 11.3 Å². The molecule has 0 fully saturated rings. The predicted molar refractivity (Wildman–Crippen MR) is 102 cm³/mol. The SMILES string of the molecule is CC(NC(=O)c1ccccc1Sc1ccccc1C#N)c1cccs1. The highest BCUT2D eigenvalue weighted by Gasteiger charge is 2.16. The van der Waals surface area contributed by atoms with Crippen LogP contribution in [0.4, 0.5) is 0 Å². The normalized spacial score (nSPS) is 11.5. The highest BCUT2D eigenvalue weighted by atomic mass is 32.2. The quantitative estimate of drug-likeness (QED) is 0.672. The summed E-state index contributed by atoms with van der Waals surface area (Å²) in [6.07, 6.45) is 0. The summed E-state index contributed by atoms with van der Waals surface area (Å²) in [7, 11) is 0. The Bertz CT molecular complexity index is 913. The van der Waals surface area contributed by atoms with E-state index in [1.165, 1.54) is 11.8 Å². The lowest BCUT2D eigenvalue weighted by molar-refractivity contribution is 0.0937. The number of nitrogens with one attached hydrogen (secondary N) is 1. The van der Waals surface area contributed by atoms with Gasteiger partial charge in [-0.25, -0.2) is 0 Å². The highest BCUT2D eigenvalue weighted by Crippen LogP contribution is 2.32. The maximum absolute atomic E-state index is 12.7. The van der Waals surface area contributed by atoms with Crippen LogP contribution >= 0.6 is 23.1 Å². The van der Waals surface area contributed by atoms with E-state index in [1.54, 1.807) is 17.4 Å². The van der Waals surface area contributed by atoms with E-state index in [4.69, 9.17) is 0 Å². The number of hydrogen-bond acceptors (Lipinski definition) is 4. The van der Waals surface area contributed by atoms with Crippen molar-refractivity contribution in [3.63, 3.8) is 0 Å². The zero-order chi connectivity index (χ0) is 17.6. The van der Waals surface area contributed by atoms with Crippen LogP contribution in [0.1, 0.15) is 33.8 Å². The van der Waals surface area contributed by atoms with Crippen molar-refractivity contribution in [2.75, 3.05) is 0 Å². The summed E-state index contributed by atoms with van der Waals surface area (Å²) in [5.74, 6) is -0.113. The average Bonchev–Trinajstić information content (AvgIpc) is 3.17. The van der Waals surface area contributed by atoms with Gasteiger partial charge in [-0.05, 0) is 42.6 Å². The fourth-order valence-corrected chi connectivity index (χ4v) is 4.15. The Morgan fingerprint density at radius 3 is 2.52 bits per heavy atom. The summed E-state index contributed by atoms with van der Waals surface area (Å²) in [5.41, 5.74) is 1.22. The van der Waals surface area contributed by atoms with Crippen LogP contribution in [0.25, 0.3) is 0 Å². The van der Waals surface area contributed by atoms with E-state index in [1.807, 2.05) is 66.9 Å². The molecule has 124 valence electrons. The number of nitrogens with zero attached hydrogens (tertiary/aromatic N) is 1. The van der Waals surface area contributed by atoms with Crippen LogP contribution in [0.5, 0.6) is 0 Å². The Morgan fingerprint density at radius 1 is 1.08 bits per heavy atom. The number of carbonyl (C=O) groups is 1. The van der Waals surface area contributed by atoms with E-state index >= 15 is 0 Å². The molecule has 1 heterocycles. The third kappa shape index (κ3) is 4.11. The first-order valence-corrected chi connectivity index (χ1v) is 9.49. The largest absolute Gasteiger partial charge is 0.345 e. The molecule has 3 nitrogen and oxygen atoms in total. The van der Waals surface area contributed by atoms with Gasteiger partial charge in [-0.1, -0.05) is 42.1 Å². The third-order valence-corrected chi connectivity index (χ3v) is 5.88. The fraction of sp³-hybridized carbons (Fsp3) is 0.100. The molecule has 0 bridgehead atoms. The Balaban J connectivity index is 1.83. The van der Waals surface area contributed by atoms with E-state index in [-0.39, 0.29) is 11.9 Å². The van der Waals surface area contributed by atoms with Crippen molar-refractivity contribution in [1.29, 1.82) is 5.26 Å². The van der Waals surface area contributed by atoms with Crippen molar-refractivity contribution < 1.29 is 4.79 Å². The topological polar surface area (TPSA) is 52.9 Å². The van der Waals surface area contributed by atoms with Crippen molar-refractivity contribution in [2.24, 2.45) is 0 Å². The molecule has 0 aliphatic rings. The molecular weight excluding hydrogens is 348 g/mol. The van der Waals surface area contributed by atoms with Crippen LogP contribution in [0.3, 0.4) is 0 Å². The number of hydrogen-bond donors (Lipinski definition) is 1. The van der Waals surface area contributed by atoms with Gasteiger partial charge in [0.25, 0.3) is 5.91 Å². The molecule has 0 spiro atoms. The standard InChI is InChI=1S/C20H16N2OS2/c1-14(17-11-6-12-24-17)22-20(23)16-8-3-5-10-19(16)25-18-9-4-2-7-15(18)13-21/h2-12,14H,1H3,(H,22,23). The van der Waals surface area contributed by atoms with Crippen LogP contribution in [-0.2, 0) is 0 Å². The molecule has 1 atom stereocenters. The van der Waals surface area contributed by atoms with Gasteiger partial charge in [-0.2, -0.15) is 5.26 Å². The van der Waals surface area contributed by atoms with Crippen molar-refractivity contribution in [3.8, 4) is 6.07 Å². The summed E-state index contributed by atoms with van der Waals surface area (Å²) in [5, 5.41) is 14.3. The summed E-state index contributed by atoms with van der Waals surface area (Å²) >= 11 is 3.06. The predicted octanol–water partition coefficient (Wildman–Crippen LogP) is 5.26. The number of thiophene rings is 1. The molecule has 3 rings (SSSR count). The van der Waals surface area contributed by atoms with Gasteiger partial charge in [-0.15, -0.1) is 11.3 Å². The molecule has 0 saturated heterocycles. The Labute approximate surface area is 155 Å². The highest BCUT2D eigenvalue weighted by molar-refractivity contribution is 7.99. The zero-order valence-corrected chi connectivity index (χ0v) is 15.2. The van der Waals surface area contributed by atoms with Crippen LogP contribution < -0.4 is 5.32 Å². The van der Waals surface area contributed by atoms with Crippen molar-refractivity contribution in [2.45, 2.75) is 22.8 Å². The third-order valence-electron chi connectivity index (χ3n) is 3.68. The summed E-state index contributed by atoms with van der Waals surface area (Å²) in [4.78, 5) is 15.5. The van der Waals surface area contributed by atoms with Gasteiger partial charge < -0.3 is 5.32 Å². The van der Waals surface area contributed by atoms with Crippen molar-refractivity contribution in [3.05, 3.63) is 82.0 Å². The number of carbonyl (C=O) groups excluding carboxylic acids is 1. The number of amides is 1. The molecule has 0 aliphatic carbocycles. The molecule has 2 aromatic carbocycles. The monoisotopic (exact) mass is 364 g/mol. The van der Waals surface area contributed by atoms with E-state index in [0.29, 0.717) is 11.1 Å². The number of rotatable bonds is 5. The maximum Gasteiger partial charge on any atom is 0.252 e. The van der Waals surface area contributed by atoms with Gasteiger partial charge in [-0.3, -0.25) is 4.79 Å². The lowest BCUT2D eigenvalue weighted by atomic mass is 10.2. The second kappa shape index (κ2) is 8.02. The van der Waals surface area contributed by atoms with Gasteiger partial charge in [0.1, 0.15) is 6.07 Å². The second-order valence-electron chi connectivity index (χ2n) is 5.42. The van der Waals surface area contributed by atoms with Crippen LogP contribution in [0.2, 0.25) is 0 Å². The number of nitriles is 1. The van der Waals surface area contributed by atoms with Gasteiger partial charge in [0.05, 0.1) is 17.2 Å². The Kier molecular flexibility index (Phi) is 5.54. The van der Waals surface area contributed by atoms with Gasteiger partial charge in [0.2, 0.25) is 0 Å².